The molecule has 0 atom stereocenters. The lowest BCUT2D eigenvalue weighted by Gasteiger charge is -2.36. The number of piperazine rings is 1. The molecule has 1 saturated heterocycles. The lowest BCUT2D eigenvalue weighted by molar-refractivity contribution is 0.249. The van der Waals surface area contributed by atoms with Crippen molar-refractivity contribution in [2.24, 2.45) is 0 Å². The minimum Gasteiger partial charge on any atom is -0.495 e. The van der Waals surface area contributed by atoms with Crippen LogP contribution in [-0.2, 0) is 6.54 Å². The van der Waals surface area contributed by atoms with E-state index in [0.717, 1.165) is 55.3 Å². The standard InChI is InChI=1S/C23H24FN3O/c1-28-23-5-3-2-4-22(23)27-12-10-26(11-13-27)17-18-14-20(16-25-15-18)19-6-8-21(24)9-7-19/h2-9,14-16H,10-13,17H2,1H3. The number of hydrogen-bond donors (Lipinski definition) is 0. The molecule has 1 aliphatic rings. The van der Waals surface area contributed by atoms with Gasteiger partial charge in [0.2, 0.25) is 0 Å². The van der Waals surface area contributed by atoms with Gasteiger partial charge in [0, 0.05) is 50.7 Å². The van der Waals surface area contributed by atoms with E-state index in [1.807, 2.05) is 24.5 Å². The zero-order valence-corrected chi connectivity index (χ0v) is 16.0. The van der Waals surface area contributed by atoms with Crippen LogP contribution in [0.4, 0.5) is 10.1 Å². The number of methoxy groups -OCH3 is 1. The summed E-state index contributed by atoms with van der Waals surface area (Å²) in [5.74, 6) is 0.702. The first-order valence-electron chi connectivity index (χ1n) is 9.53. The van der Waals surface area contributed by atoms with Crippen LogP contribution in [0.25, 0.3) is 11.1 Å². The molecule has 144 valence electrons. The second kappa shape index (κ2) is 8.40. The normalized spacial score (nSPS) is 14.9. The molecular formula is C23H24FN3O. The van der Waals surface area contributed by atoms with Crippen LogP contribution in [0.3, 0.4) is 0 Å². The van der Waals surface area contributed by atoms with Crippen molar-refractivity contribution in [3.8, 4) is 16.9 Å². The third-order valence-corrected chi connectivity index (χ3v) is 5.18. The summed E-state index contributed by atoms with van der Waals surface area (Å²) in [6.07, 6.45) is 3.75. The molecule has 1 aliphatic heterocycles. The molecule has 5 heteroatoms. The van der Waals surface area contributed by atoms with E-state index in [-0.39, 0.29) is 5.82 Å². The Morgan fingerprint density at radius 1 is 0.929 bits per heavy atom. The van der Waals surface area contributed by atoms with Crippen LogP contribution >= 0.6 is 0 Å². The van der Waals surface area contributed by atoms with E-state index in [9.17, 15) is 4.39 Å². The number of hydrogen-bond acceptors (Lipinski definition) is 4. The van der Waals surface area contributed by atoms with Gasteiger partial charge in [-0.1, -0.05) is 24.3 Å². The fraction of sp³-hybridized carbons (Fsp3) is 0.261. The molecule has 0 unspecified atom stereocenters. The molecule has 4 rings (SSSR count). The molecule has 4 nitrogen and oxygen atoms in total. The highest BCUT2D eigenvalue weighted by Crippen LogP contribution is 2.28. The van der Waals surface area contributed by atoms with Crippen molar-refractivity contribution in [1.82, 2.24) is 9.88 Å². The average Bonchev–Trinajstić information content (AvgIpc) is 2.75. The van der Waals surface area contributed by atoms with Crippen LogP contribution in [0.15, 0.2) is 67.0 Å². The number of pyridine rings is 1. The summed E-state index contributed by atoms with van der Waals surface area (Å²) in [5, 5.41) is 0. The molecule has 0 saturated carbocycles. The number of rotatable bonds is 5. The van der Waals surface area contributed by atoms with E-state index in [1.54, 1.807) is 19.2 Å². The number of aromatic nitrogens is 1. The number of halogens is 1. The minimum absolute atomic E-state index is 0.221. The molecule has 0 spiro atoms. The van der Waals surface area contributed by atoms with Crippen molar-refractivity contribution in [3.05, 3.63) is 78.4 Å². The molecule has 0 radical (unpaired) electrons. The fourth-order valence-electron chi connectivity index (χ4n) is 3.67. The van der Waals surface area contributed by atoms with E-state index >= 15 is 0 Å². The first-order chi connectivity index (χ1) is 13.7. The average molecular weight is 377 g/mol. The summed E-state index contributed by atoms with van der Waals surface area (Å²) in [7, 11) is 1.72. The maximum atomic E-state index is 13.2. The highest BCUT2D eigenvalue weighted by Gasteiger charge is 2.19. The van der Waals surface area contributed by atoms with Crippen molar-refractivity contribution in [2.75, 3.05) is 38.2 Å². The SMILES string of the molecule is COc1ccccc1N1CCN(Cc2cncc(-c3ccc(F)cc3)c2)CC1. The largest absolute Gasteiger partial charge is 0.495 e. The van der Waals surface area contributed by atoms with Crippen LogP contribution in [0.5, 0.6) is 5.75 Å². The summed E-state index contributed by atoms with van der Waals surface area (Å²) in [6.45, 7) is 4.76. The smallest absolute Gasteiger partial charge is 0.142 e. The minimum atomic E-state index is -0.221. The Kier molecular flexibility index (Phi) is 5.53. The van der Waals surface area contributed by atoms with E-state index < -0.39 is 0 Å². The number of anilines is 1. The Morgan fingerprint density at radius 3 is 2.43 bits per heavy atom. The quantitative estimate of drug-likeness (QED) is 0.666. The van der Waals surface area contributed by atoms with Crippen molar-refractivity contribution < 1.29 is 9.13 Å². The zero-order valence-electron chi connectivity index (χ0n) is 16.0. The number of para-hydroxylation sites is 2. The third kappa shape index (κ3) is 4.15. The predicted octanol–water partition coefficient (Wildman–Crippen LogP) is 4.22. The molecule has 1 fully saturated rings. The van der Waals surface area contributed by atoms with Crippen molar-refractivity contribution in [2.45, 2.75) is 6.54 Å². The van der Waals surface area contributed by atoms with E-state index in [2.05, 4.69) is 33.0 Å². The van der Waals surface area contributed by atoms with Gasteiger partial charge < -0.3 is 9.64 Å². The highest BCUT2D eigenvalue weighted by atomic mass is 19.1. The molecule has 2 heterocycles. The van der Waals surface area contributed by atoms with Gasteiger partial charge in [0.1, 0.15) is 11.6 Å². The van der Waals surface area contributed by atoms with Gasteiger partial charge in [-0.15, -0.1) is 0 Å². The van der Waals surface area contributed by atoms with Gasteiger partial charge in [-0.05, 0) is 41.5 Å². The van der Waals surface area contributed by atoms with Crippen molar-refractivity contribution >= 4 is 5.69 Å². The van der Waals surface area contributed by atoms with Crippen LogP contribution in [-0.4, -0.2) is 43.2 Å². The van der Waals surface area contributed by atoms with Crippen LogP contribution < -0.4 is 9.64 Å². The maximum Gasteiger partial charge on any atom is 0.142 e. The number of benzene rings is 2. The third-order valence-electron chi connectivity index (χ3n) is 5.18. The Hall–Kier alpha value is -2.92. The van der Waals surface area contributed by atoms with Crippen LogP contribution in [0.1, 0.15) is 5.56 Å². The second-order valence-electron chi connectivity index (χ2n) is 7.02. The van der Waals surface area contributed by atoms with Gasteiger partial charge in [0.05, 0.1) is 12.8 Å². The van der Waals surface area contributed by atoms with Gasteiger partial charge in [0.15, 0.2) is 0 Å². The zero-order chi connectivity index (χ0) is 19.3. The Labute approximate surface area is 165 Å². The highest BCUT2D eigenvalue weighted by molar-refractivity contribution is 5.63. The van der Waals surface area contributed by atoms with Gasteiger partial charge in [-0.25, -0.2) is 4.39 Å². The summed E-state index contributed by atoms with van der Waals surface area (Å²) in [4.78, 5) is 9.21. The topological polar surface area (TPSA) is 28.6 Å². The summed E-state index contributed by atoms with van der Waals surface area (Å²) < 4.78 is 18.7. The Balaban J connectivity index is 1.40. The molecule has 0 N–H and O–H groups in total. The lowest BCUT2D eigenvalue weighted by atomic mass is 10.1. The molecule has 1 aromatic heterocycles. The number of ether oxygens (including phenoxy) is 1. The Bertz CT molecular complexity index is 921. The summed E-state index contributed by atoms with van der Waals surface area (Å²) in [5.41, 5.74) is 4.33. The van der Waals surface area contributed by atoms with Crippen LogP contribution in [0.2, 0.25) is 0 Å². The maximum absolute atomic E-state index is 13.2. The van der Waals surface area contributed by atoms with Crippen molar-refractivity contribution in [1.29, 1.82) is 0 Å². The van der Waals surface area contributed by atoms with E-state index in [1.165, 1.54) is 17.7 Å². The van der Waals surface area contributed by atoms with E-state index in [0.29, 0.717) is 0 Å². The first kappa shape index (κ1) is 18.4. The predicted molar refractivity (Wildman–Crippen MR) is 110 cm³/mol. The molecule has 0 bridgehead atoms. The molecule has 3 aromatic rings. The monoisotopic (exact) mass is 377 g/mol. The fourth-order valence-corrected chi connectivity index (χ4v) is 3.67. The lowest BCUT2D eigenvalue weighted by Crippen LogP contribution is -2.46. The molecule has 28 heavy (non-hydrogen) atoms. The van der Waals surface area contributed by atoms with Crippen LogP contribution in [0, 0.1) is 5.82 Å². The van der Waals surface area contributed by atoms with Gasteiger partial charge in [-0.2, -0.15) is 0 Å². The van der Waals surface area contributed by atoms with Gasteiger partial charge >= 0.3 is 0 Å². The second-order valence-corrected chi connectivity index (χ2v) is 7.02. The number of nitrogens with zero attached hydrogens (tertiary/aromatic N) is 3. The summed E-state index contributed by atoms with van der Waals surface area (Å²) >= 11 is 0. The van der Waals surface area contributed by atoms with Gasteiger partial charge in [-0.3, -0.25) is 9.88 Å². The van der Waals surface area contributed by atoms with Crippen molar-refractivity contribution in [3.63, 3.8) is 0 Å². The Morgan fingerprint density at radius 2 is 1.68 bits per heavy atom. The van der Waals surface area contributed by atoms with Gasteiger partial charge in [0.25, 0.3) is 0 Å². The molecular weight excluding hydrogens is 353 g/mol. The summed E-state index contributed by atoms with van der Waals surface area (Å²) in [6, 6.07) is 16.9. The molecule has 2 aromatic carbocycles. The first-order valence-corrected chi connectivity index (χ1v) is 9.53. The molecule has 0 aliphatic carbocycles. The van der Waals surface area contributed by atoms with E-state index in [4.69, 9.17) is 4.74 Å². The molecule has 0 amide bonds.